The van der Waals surface area contributed by atoms with Crippen molar-refractivity contribution in [3.8, 4) is 6.07 Å². The zero-order valence-corrected chi connectivity index (χ0v) is 8.07. The first kappa shape index (κ1) is 8.95. The van der Waals surface area contributed by atoms with Crippen molar-refractivity contribution in [1.82, 2.24) is 9.97 Å². The van der Waals surface area contributed by atoms with Crippen LogP contribution in [-0.4, -0.2) is 16.0 Å². The zero-order chi connectivity index (χ0) is 9.97. The quantitative estimate of drug-likeness (QED) is 0.781. The first-order valence-electron chi connectivity index (χ1n) is 4.78. The van der Waals surface area contributed by atoms with Gasteiger partial charge in [0, 0.05) is 6.04 Å². The van der Waals surface area contributed by atoms with Crippen molar-refractivity contribution in [3.05, 3.63) is 18.1 Å². The van der Waals surface area contributed by atoms with Crippen LogP contribution in [0.1, 0.15) is 25.5 Å². The van der Waals surface area contributed by atoms with Crippen LogP contribution in [0.2, 0.25) is 0 Å². The van der Waals surface area contributed by atoms with Crippen molar-refractivity contribution in [2.75, 3.05) is 5.32 Å². The van der Waals surface area contributed by atoms with Crippen molar-refractivity contribution in [2.45, 2.75) is 25.8 Å². The number of rotatable bonds is 3. The molecule has 0 radical (unpaired) electrons. The van der Waals surface area contributed by atoms with Crippen molar-refractivity contribution in [2.24, 2.45) is 5.92 Å². The molecule has 0 bridgehead atoms. The van der Waals surface area contributed by atoms with Gasteiger partial charge in [-0.2, -0.15) is 5.26 Å². The Morgan fingerprint density at radius 3 is 2.79 bits per heavy atom. The van der Waals surface area contributed by atoms with Gasteiger partial charge in [-0.15, -0.1) is 0 Å². The lowest BCUT2D eigenvalue weighted by Gasteiger charge is -2.12. The van der Waals surface area contributed by atoms with E-state index in [9.17, 15) is 0 Å². The van der Waals surface area contributed by atoms with Gasteiger partial charge in [-0.05, 0) is 25.7 Å². The molecule has 1 heterocycles. The molecular formula is C10H12N4. The minimum absolute atomic E-state index is 0.356. The molecular weight excluding hydrogens is 176 g/mol. The molecule has 4 nitrogen and oxygen atoms in total. The van der Waals surface area contributed by atoms with E-state index >= 15 is 0 Å². The van der Waals surface area contributed by atoms with Gasteiger partial charge in [-0.3, -0.25) is 0 Å². The Morgan fingerprint density at radius 1 is 1.50 bits per heavy atom. The van der Waals surface area contributed by atoms with E-state index in [-0.39, 0.29) is 0 Å². The van der Waals surface area contributed by atoms with E-state index in [1.165, 1.54) is 19.0 Å². The van der Waals surface area contributed by atoms with Gasteiger partial charge < -0.3 is 5.32 Å². The van der Waals surface area contributed by atoms with Gasteiger partial charge in [-0.1, -0.05) is 0 Å². The third-order valence-electron chi connectivity index (χ3n) is 2.47. The minimum Gasteiger partial charge on any atom is -0.366 e. The Bertz CT molecular complexity index is 347. The summed E-state index contributed by atoms with van der Waals surface area (Å²) in [5.41, 5.74) is 0.356. The second kappa shape index (κ2) is 3.62. The molecule has 0 saturated heterocycles. The molecule has 1 aliphatic rings. The summed E-state index contributed by atoms with van der Waals surface area (Å²) in [6, 6.07) is 2.40. The number of aromatic nitrogens is 2. The monoisotopic (exact) mass is 188 g/mol. The van der Waals surface area contributed by atoms with E-state index in [1.54, 1.807) is 6.20 Å². The lowest BCUT2D eigenvalue weighted by atomic mass is 10.2. The van der Waals surface area contributed by atoms with E-state index in [0.717, 1.165) is 11.7 Å². The molecule has 72 valence electrons. The Labute approximate surface area is 83.0 Å². The van der Waals surface area contributed by atoms with E-state index < -0.39 is 0 Å². The topological polar surface area (TPSA) is 61.6 Å². The van der Waals surface area contributed by atoms with E-state index in [1.807, 2.05) is 6.07 Å². The van der Waals surface area contributed by atoms with Crippen molar-refractivity contribution < 1.29 is 0 Å². The molecule has 0 spiro atoms. The van der Waals surface area contributed by atoms with Crippen LogP contribution in [0.25, 0.3) is 0 Å². The predicted molar refractivity (Wildman–Crippen MR) is 52.6 cm³/mol. The molecule has 1 aromatic rings. The highest BCUT2D eigenvalue weighted by molar-refractivity contribution is 5.34. The van der Waals surface area contributed by atoms with Crippen molar-refractivity contribution in [3.63, 3.8) is 0 Å². The largest absolute Gasteiger partial charge is 0.366 e. The smallest absolute Gasteiger partial charge is 0.158 e. The van der Waals surface area contributed by atoms with E-state index in [4.69, 9.17) is 5.26 Å². The Kier molecular flexibility index (Phi) is 2.32. The lowest BCUT2D eigenvalue weighted by Crippen LogP contribution is -2.18. The highest BCUT2D eigenvalue weighted by atomic mass is 15.0. The number of nitrogens with zero attached hydrogens (tertiary/aromatic N) is 3. The number of nitriles is 1. The standard InChI is InChI=1S/C10H12N4/c1-7(8-2-3-8)14-10-6-12-9(4-11)5-13-10/h5-8H,2-3H2,1H3,(H,13,14). The maximum Gasteiger partial charge on any atom is 0.158 e. The molecule has 1 fully saturated rings. The normalized spacial score (nSPS) is 17.1. The fourth-order valence-corrected chi connectivity index (χ4v) is 1.41. The van der Waals surface area contributed by atoms with Crippen LogP contribution in [-0.2, 0) is 0 Å². The van der Waals surface area contributed by atoms with E-state index in [0.29, 0.717) is 11.7 Å². The summed E-state index contributed by atoms with van der Waals surface area (Å²) >= 11 is 0. The number of hydrogen-bond acceptors (Lipinski definition) is 4. The molecule has 0 amide bonds. The summed E-state index contributed by atoms with van der Waals surface area (Å²) in [5, 5.41) is 11.8. The second-order valence-electron chi connectivity index (χ2n) is 3.67. The Hall–Kier alpha value is -1.63. The number of anilines is 1. The van der Waals surface area contributed by atoms with Crippen LogP contribution in [0.3, 0.4) is 0 Å². The van der Waals surface area contributed by atoms with Crippen molar-refractivity contribution in [1.29, 1.82) is 5.26 Å². The Morgan fingerprint density at radius 2 is 2.29 bits per heavy atom. The summed E-state index contributed by atoms with van der Waals surface area (Å²) in [4.78, 5) is 8.05. The van der Waals surface area contributed by atoms with Gasteiger partial charge in [0.2, 0.25) is 0 Å². The molecule has 0 aliphatic heterocycles. The number of hydrogen-bond donors (Lipinski definition) is 1. The van der Waals surface area contributed by atoms with Crippen LogP contribution in [0.4, 0.5) is 5.82 Å². The average molecular weight is 188 g/mol. The molecule has 4 heteroatoms. The van der Waals surface area contributed by atoms with Gasteiger partial charge in [0.15, 0.2) is 5.69 Å². The zero-order valence-electron chi connectivity index (χ0n) is 8.07. The van der Waals surface area contributed by atoms with Crippen LogP contribution >= 0.6 is 0 Å². The number of nitrogens with one attached hydrogen (secondary N) is 1. The molecule has 1 aliphatic carbocycles. The molecule has 1 unspecified atom stereocenters. The molecule has 14 heavy (non-hydrogen) atoms. The summed E-state index contributed by atoms with van der Waals surface area (Å²) in [6.45, 7) is 2.15. The Balaban J connectivity index is 1.99. The average Bonchev–Trinajstić information content (AvgIpc) is 3.02. The van der Waals surface area contributed by atoms with Crippen LogP contribution in [0.15, 0.2) is 12.4 Å². The summed E-state index contributed by atoms with van der Waals surface area (Å²) in [7, 11) is 0. The second-order valence-corrected chi connectivity index (χ2v) is 3.67. The first-order chi connectivity index (χ1) is 6.79. The molecule has 1 atom stereocenters. The fourth-order valence-electron chi connectivity index (χ4n) is 1.41. The molecule has 2 rings (SSSR count). The van der Waals surface area contributed by atoms with Crippen molar-refractivity contribution >= 4 is 5.82 Å². The maximum absolute atomic E-state index is 8.54. The molecule has 1 aromatic heterocycles. The van der Waals surface area contributed by atoms with Gasteiger partial charge in [-0.25, -0.2) is 9.97 Å². The third-order valence-corrected chi connectivity index (χ3v) is 2.47. The molecule has 0 aromatic carbocycles. The first-order valence-corrected chi connectivity index (χ1v) is 4.78. The summed E-state index contributed by atoms with van der Waals surface area (Å²) in [5.74, 6) is 1.54. The van der Waals surface area contributed by atoms with Gasteiger partial charge in [0.25, 0.3) is 0 Å². The van der Waals surface area contributed by atoms with E-state index in [2.05, 4.69) is 22.2 Å². The van der Waals surface area contributed by atoms with Crippen LogP contribution in [0, 0.1) is 17.2 Å². The highest BCUT2D eigenvalue weighted by Gasteiger charge is 2.27. The molecule has 1 N–H and O–H groups in total. The highest BCUT2D eigenvalue weighted by Crippen LogP contribution is 2.33. The molecule has 1 saturated carbocycles. The fraction of sp³-hybridized carbons (Fsp3) is 0.500. The van der Waals surface area contributed by atoms with Gasteiger partial charge in [0.05, 0.1) is 12.4 Å². The van der Waals surface area contributed by atoms with Gasteiger partial charge >= 0.3 is 0 Å². The van der Waals surface area contributed by atoms with Crippen LogP contribution < -0.4 is 5.32 Å². The maximum atomic E-state index is 8.54. The lowest BCUT2D eigenvalue weighted by molar-refractivity contribution is 0.690. The minimum atomic E-state index is 0.356. The summed E-state index contributed by atoms with van der Waals surface area (Å²) < 4.78 is 0. The SMILES string of the molecule is CC(Nc1cnc(C#N)cn1)C1CC1. The third kappa shape index (κ3) is 1.99. The predicted octanol–water partition coefficient (Wildman–Crippen LogP) is 1.56. The van der Waals surface area contributed by atoms with Gasteiger partial charge in [0.1, 0.15) is 11.9 Å². The summed E-state index contributed by atoms with van der Waals surface area (Å²) in [6.07, 6.45) is 5.70. The van der Waals surface area contributed by atoms with Crippen LogP contribution in [0.5, 0.6) is 0 Å².